The molecule has 0 aliphatic carbocycles. The molecule has 0 unspecified atom stereocenters. The van der Waals surface area contributed by atoms with Crippen LogP contribution in [0.15, 0.2) is 37.1 Å². The van der Waals surface area contributed by atoms with Gasteiger partial charge in [0.25, 0.3) is 0 Å². The van der Waals surface area contributed by atoms with Gasteiger partial charge in [-0.15, -0.1) is 0 Å². The van der Waals surface area contributed by atoms with Crippen molar-refractivity contribution in [2.24, 2.45) is 5.41 Å². The van der Waals surface area contributed by atoms with Gasteiger partial charge in [-0.2, -0.15) is 0 Å². The minimum atomic E-state index is 0.0234. The van der Waals surface area contributed by atoms with Crippen molar-refractivity contribution >= 4 is 0 Å². The Hall–Kier alpha value is -0.980. The summed E-state index contributed by atoms with van der Waals surface area (Å²) >= 11 is 0. The van der Waals surface area contributed by atoms with Gasteiger partial charge < -0.3 is 5.32 Å². The number of allylic oxidation sites excluding steroid dienone is 3. The van der Waals surface area contributed by atoms with E-state index in [2.05, 4.69) is 53.1 Å². The summed E-state index contributed by atoms with van der Waals surface area (Å²) in [4.78, 5) is 0. The van der Waals surface area contributed by atoms with Gasteiger partial charge in [-0.05, 0) is 25.3 Å². The van der Waals surface area contributed by atoms with Crippen molar-refractivity contribution in [1.29, 1.82) is 0 Å². The number of hydrogen-bond donors (Lipinski definition) is 1. The van der Waals surface area contributed by atoms with Crippen LogP contribution in [0, 0.1) is 5.41 Å². The molecule has 14 heavy (non-hydrogen) atoms. The molecule has 1 nitrogen and oxygen atoms in total. The summed E-state index contributed by atoms with van der Waals surface area (Å²) < 4.78 is 0. The Labute approximate surface area is 88.6 Å². The molecule has 0 amide bonds. The molecular formula is C13H23N. The molecule has 0 atom stereocenters. The van der Waals surface area contributed by atoms with Crippen LogP contribution in [-0.2, 0) is 0 Å². The van der Waals surface area contributed by atoms with Crippen molar-refractivity contribution in [3.63, 3.8) is 0 Å². The van der Waals surface area contributed by atoms with E-state index < -0.39 is 0 Å². The zero-order valence-electron chi connectivity index (χ0n) is 10.1. The van der Waals surface area contributed by atoms with Crippen molar-refractivity contribution < 1.29 is 0 Å². The highest BCUT2D eigenvalue weighted by molar-refractivity contribution is 5.18. The summed E-state index contributed by atoms with van der Waals surface area (Å²) in [6, 6.07) is 0. The first-order valence-corrected chi connectivity index (χ1v) is 4.97. The Morgan fingerprint density at radius 3 is 2.00 bits per heavy atom. The fourth-order valence-corrected chi connectivity index (χ4v) is 0.815. The Kier molecular flexibility index (Phi) is 4.18. The molecule has 0 saturated heterocycles. The van der Waals surface area contributed by atoms with Gasteiger partial charge in [0.1, 0.15) is 0 Å². The van der Waals surface area contributed by atoms with Crippen LogP contribution in [0.1, 0.15) is 34.6 Å². The molecule has 0 rings (SSSR count). The summed E-state index contributed by atoms with van der Waals surface area (Å²) in [5, 5.41) is 3.40. The van der Waals surface area contributed by atoms with Crippen LogP contribution in [-0.4, -0.2) is 5.54 Å². The zero-order chi connectivity index (χ0) is 11.4. The molecule has 1 N–H and O–H groups in total. The summed E-state index contributed by atoms with van der Waals surface area (Å²) in [6.07, 6.45) is 5.56. The fourth-order valence-electron chi connectivity index (χ4n) is 0.815. The maximum absolute atomic E-state index is 3.95. The van der Waals surface area contributed by atoms with Crippen molar-refractivity contribution in [2.45, 2.75) is 40.2 Å². The van der Waals surface area contributed by atoms with E-state index in [0.717, 1.165) is 5.70 Å². The van der Waals surface area contributed by atoms with Crippen LogP contribution in [0.5, 0.6) is 0 Å². The van der Waals surface area contributed by atoms with E-state index in [1.165, 1.54) is 0 Å². The first kappa shape index (κ1) is 13.0. The molecule has 80 valence electrons. The van der Waals surface area contributed by atoms with Crippen LogP contribution in [0.25, 0.3) is 0 Å². The molecule has 0 aromatic carbocycles. The van der Waals surface area contributed by atoms with E-state index in [4.69, 9.17) is 0 Å². The fraction of sp³-hybridized carbons (Fsp3) is 0.538. The first-order chi connectivity index (χ1) is 6.20. The van der Waals surface area contributed by atoms with Gasteiger partial charge in [0.05, 0.1) is 0 Å². The highest BCUT2D eigenvalue weighted by Gasteiger charge is 2.32. The molecule has 0 radical (unpaired) electrons. The van der Waals surface area contributed by atoms with Gasteiger partial charge in [0, 0.05) is 11.2 Å². The lowest BCUT2D eigenvalue weighted by Gasteiger charge is -2.40. The van der Waals surface area contributed by atoms with E-state index >= 15 is 0 Å². The molecule has 0 fully saturated rings. The molecule has 0 aliphatic heterocycles. The third-order valence-corrected chi connectivity index (χ3v) is 2.78. The van der Waals surface area contributed by atoms with E-state index in [-0.39, 0.29) is 11.0 Å². The largest absolute Gasteiger partial charge is 0.380 e. The lowest BCUT2D eigenvalue weighted by Crippen LogP contribution is -2.48. The third kappa shape index (κ3) is 3.82. The summed E-state index contributed by atoms with van der Waals surface area (Å²) in [7, 11) is 0. The van der Waals surface area contributed by atoms with Crippen LogP contribution < -0.4 is 5.32 Å². The first-order valence-electron chi connectivity index (χ1n) is 4.97. The van der Waals surface area contributed by atoms with Crippen LogP contribution in [0.2, 0.25) is 0 Å². The van der Waals surface area contributed by atoms with Crippen molar-refractivity contribution in [3.8, 4) is 0 Å². The molecule has 0 bridgehead atoms. The Morgan fingerprint density at radius 2 is 1.64 bits per heavy atom. The molecular weight excluding hydrogens is 170 g/mol. The topological polar surface area (TPSA) is 12.0 Å². The maximum atomic E-state index is 3.95. The molecule has 0 aliphatic rings. The molecule has 0 aromatic rings. The zero-order valence-corrected chi connectivity index (χ0v) is 10.1. The van der Waals surface area contributed by atoms with Crippen LogP contribution in [0.4, 0.5) is 0 Å². The Bertz CT molecular complexity index is 238. The van der Waals surface area contributed by atoms with Crippen molar-refractivity contribution in [1.82, 2.24) is 5.32 Å². The highest BCUT2D eigenvalue weighted by atomic mass is 15.0. The van der Waals surface area contributed by atoms with E-state index in [1.54, 1.807) is 6.08 Å². The molecule has 0 saturated carbocycles. The highest BCUT2D eigenvalue weighted by Crippen LogP contribution is 2.30. The number of rotatable bonds is 4. The monoisotopic (exact) mass is 193 g/mol. The average molecular weight is 193 g/mol. The predicted octanol–water partition coefficient (Wildman–Crippen LogP) is 3.66. The van der Waals surface area contributed by atoms with Crippen LogP contribution in [0.3, 0.4) is 0 Å². The van der Waals surface area contributed by atoms with E-state index in [1.807, 2.05) is 12.2 Å². The summed E-state index contributed by atoms with van der Waals surface area (Å²) in [5.41, 5.74) is 1.14. The van der Waals surface area contributed by atoms with Crippen LogP contribution >= 0.6 is 0 Å². The van der Waals surface area contributed by atoms with Crippen molar-refractivity contribution in [3.05, 3.63) is 37.1 Å². The third-order valence-electron chi connectivity index (χ3n) is 2.78. The minimum absolute atomic E-state index is 0.0234. The van der Waals surface area contributed by atoms with Gasteiger partial charge >= 0.3 is 0 Å². The number of nitrogens with one attached hydrogen (secondary N) is 1. The maximum Gasteiger partial charge on any atom is 0.0365 e. The Balaban J connectivity index is 4.44. The second-order valence-corrected chi connectivity index (χ2v) is 5.12. The van der Waals surface area contributed by atoms with Gasteiger partial charge in [0.15, 0.2) is 0 Å². The average Bonchev–Trinajstić information content (AvgIpc) is 1.97. The van der Waals surface area contributed by atoms with E-state index in [0.29, 0.717) is 0 Å². The lowest BCUT2D eigenvalue weighted by molar-refractivity contribution is 0.193. The van der Waals surface area contributed by atoms with Gasteiger partial charge in [0.2, 0.25) is 0 Å². The van der Waals surface area contributed by atoms with Gasteiger partial charge in [-0.25, -0.2) is 0 Å². The second-order valence-electron chi connectivity index (χ2n) is 5.12. The lowest BCUT2D eigenvalue weighted by atomic mass is 9.76. The van der Waals surface area contributed by atoms with Gasteiger partial charge in [-0.3, -0.25) is 0 Å². The van der Waals surface area contributed by atoms with Crippen molar-refractivity contribution in [2.75, 3.05) is 0 Å². The Morgan fingerprint density at radius 1 is 1.14 bits per heavy atom. The molecule has 0 aromatic heterocycles. The summed E-state index contributed by atoms with van der Waals surface area (Å²) in [6.45, 7) is 18.6. The van der Waals surface area contributed by atoms with E-state index in [9.17, 15) is 0 Å². The second kappa shape index (κ2) is 4.50. The SMILES string of the molecule is C=C/C=C\C(=C)NC(C)(C)C(C)(C)C. The standard InChI is InChI=1S/C13H23N/c1-8-9-10-11(2)14-13(6,7)12(3,4)5/h8-10,14H,1-2H2,3-7H3/b10-9-. The normalized spacial score (nSPS) is 12.9. The predicted molar refractivity (Wildman–Crippen MR) is 65.1 cm³/mol. The smallest absolute Gasteiger partial charge is 0.0365 e. The number of hydrogen-bond acceptors (Lipinski definition) is 1. The summed E-state index contributed by atoms with van der Waals surface area (Å²) in [5.74, 6) is 0. The van der Waals surface area contributed by atoms with Gasteiger partial charge in [-0.1, -0.05) is 46.1 Å². The molecule has 0 heterocycles. The molecule has 0 spiro atoms. The molecule has 1 heteroatoms. The quantitative estimate of drug-likeness (QED) is 0.672. The minimum Gasteiger partial charge on any atom is -0.380 e.